The summed E-state index contributed by atoms with van der Waals surface area (Å²) < 4.78 is 6.03. The number of rotatable bonds is 5. The minimum Gasteiger partial charge on any atom is -0.367 e. The Labute approximate surface area is 147 Å². The second-order valence-electron chi connectivity index (χ2n) is 8.79. The number of carbonyl (C=O) groups is 1. The van der Waals surface area contributed by atoms with Gasteiger partial charge in [0.15, 0.2) is 0 Å². The van der Waals surface area contributed by atoms with Gasteiger partial charge in [0.05, 0.1) is 17.2 Å². The summed E-state index contributed by atoms with van der Waals surface area (Å²) in [7, 11) is 2.17. The fourth-order valence-electron chi connectivity index (χ4n) is 3.80. The van der Waals surface area contributed by atoms with Crippen LogP contribution in [0.4, 0.5) is 4.79 Å². The molecule has 2 heterocycles. The zero-order chi connectivity index (χ0) is 18.0. The van der Waals surface area contributed by atoms with Gasteiger partial charge in [-0.15, -0.1) is 0 Å². The van der Waals surface area contributed by atoms with Crippen LogP contribution < -0.4 is 10.6 Å². The van der Waals surface area contributed by atoms with Crippen molar-refractivity contribution in [1.82, 2.24) is 20.4 Å². The third-order valence-corrected chi connectivity index (χ3v) is 5.16. The number of urea groups is 1. The first-order valence-corrected chi connectivity index (χ1v) is 9.23. The maximum Gasteiger partial charge on any atom is 0.315 e. The lowest BCUT2D eigenvalue weighted by Gasteiger charge is -2.34. The van der Waals surface area contributed by atoms with E-state index in [1.807, 2.05) is 13.8 Å². The van der Waals surface area contributed by atoms with Crippen LogP contribution in [0.15, 0.2) is 0 Å². The van der Waals surface area contributed by atoms with Crippen molar-refractivity contribution in [3.63, 3.8) is 0 Å². The summed E-state index contributed by atoms with van der Waals surface area (Å²) in [5.41, 5.74) is -0.511. The third-order valence-electron chi connectivity index (χ3n) is 5.16. The molecule has 0 bridgehead atoms. The van der Waals surface area contributed by atoms with E-state index in [0.29, 0.717) is 12.5 Å². The standard InChI is InChI=1S/C18H36N4O2/c1-14(13-22-9-7-21(6)8-10-22)12-19-16(23)20-15-11-17(2,3)24-18(15,4)5/h14-15H,7-13H2,1-6H3,(H2,19,20,23)/t14-,15+/m0/s1. The van der Waals surface area contributed by atoms with Crippen LogP contribution >= 0.6 is 0 Å². The molecular weight excluding hydrogens is 304 g/mol. The van der Waals surface area contributed by atoms with Gasteiger partial charge in [0.25, 0.3) is 0 Å². The van der Waals surface area contributed by atoms with Crippen molar-refractivity contribution >= 4 is 6.03 Å². The second kappa shape index (κ2) is 7.58. The maximum absolute atomic E-state index is 12.2. The van der Waals surface area contributed by atoms with Crippen molar-refractivity contribution < 1.29 is 9.53 Å². The Balaban J connectivity index is 1.69. The highest BCUT2D eigenvalue weighted by molar-refractivity contribution is 5.74. The molecule has 2 N–H and O–H groups in total. The number of nitrogens with one attached hydrogen (secondary N) is 2. The second-order valence-corrected chi connectivity index (χ2v) is 8.79. The maximum atomic E-state index is 12.2. The zero-order valence-corrected chi connectivity index (χ0v) is 16.3. The van der Waals surface area contributed by atoms with Gasteiger partial charge in [-0.3, -0.25) is 0 Å². The van der Waals surface area contributed by atoms with Gasteiger partial charge >= 0.3 is 6.03 Å². The Kier molecular flexibility index (Phi) is 6.15. The highest BCUT2D eigenvalue weighted by Gasteiger charge is 2.46. The summed E-state index contributed by atoms with van der Waals surface area (Å²) in [5.74, 6) is 0.448. The molecule has 0 aromatic rings. The van der Waals surface area contributed by atoms with Gasteiger partial charge in [0, 0.05) is 39.3 Å². The van der Waals surface area contributed by atoms with E-state index < -0.39 is 0 Å². The van der Waals surface area contributed by atoms with Crippen molar-refractivity contribution in [1.29, 1.82) is 0 Å². The summed E-state index contributed by atoms with van der Waals surface area (Å²) in [6.45, 7) is 16.7. The van der Waals surface area contributed by atoms with Crippen molar-refractivity contribution in [2.75, 3.05) is 46.3 Å². The van der Waals surface area contributed by atoms with Crippen molar-refractivity contribution in [2.45, 2.75) is 58.3 Å². The van der Waals surface area contributed by atoms with Crippen LogP contribution in [0.2, 0.25) is 0 Å². The molecule has 6 heteroatoms. The first-order valence-electron chi connectivity index (χ1n) is 9.23. The average molecular weight is 341 g/mol. The largest absolute Gasteiger partial charge is 0.367 e. The van der Waals surface area contributed by atoms with E-state index in [1.165, 1.54) is 0 Å². The Morgan fingerprint density at radius 2 is 1.83 bits per heavy atom. The van der Waals surface area contributed by atoms with Crippen LogP contribution in [0.25, 0.3) is 0 Å². The van der Waals surface area contributed by atoms with Gasteiger partial charge in [0.1, 0.15) is 0 Å². The molecule has 140 valence electrons. The number of ether oxygens (including phenoxy) is 1. The number of amides is 2. The Morgan fingerprint density at radius 3 is 2.38 bits per heavy atom. The fraction of sp³-hybridized carbons (Fsp3) is 0.944. The van der Waals surface area contributed by atoms with Crippen LogP contribution in [0.3, 0.4) is 0 Å². The first kappa shape index (κ1) is 19.5. The van der Waals surface area contributed by atoms with Gasteiger partial charge in [0.2, 0.25) is 0 Å². The number of hydrogen-bond donors (Lipinski definition) is 2. The molecule has 0 unspecified atom stereocenters. The van der Waals surface area contributed by atoms with Crippen molar-refractivity contribution in [3.05, 3.63) is 0 Å². The van der Waals surface area contributed by atoms with E-state index in [-0.39, 0.29) is 23.3 Å². The van der Waals surface area contributed by atoms with E-state index in [4.69, 9.17) is 4.74 Å². The molecular formula is C18H36N4O2. The van der Waals surface area contributed by atoms with Crippen LogP contribution in [0, 0.1) is 5.92 Å². The molecule has 0 aromatic carbocycles. The van der Waals surface area contributed by atoms with Gasteiger partial charge in [-0.25, -0.2) is 4.79 Å². The molecule has 0 aliphatic carbocycles. The highest BCUT2D eigenvalue weighted by Crippen LogP contribution is 2.37. The number of piperazine rings is 1. The molecule has 2 fully saturated rings. The molecule has 2 atom stereocenters. The highest BCUT2D eigenvalue weighted by atomic mass is 16.5. The monoisotopic (exact) mass is 340 g/mol. The summed E-state index contributed by atoms with van der Waals surface area (Å²) in [6.07, 6.45) is 0.838. The van der Waals surface area contributed by atoms with E-state index in [0.717, 1.165) is 39.1 Å². The quantitative estimate of drug-likeness (QED) is 0.797. The predicted octanol–water partition coefficient (Wildman–Crippen LogP) is 1.52. The molecule has 0 aromatic heterocycles. The number of hydrogen-bond acceptors (Lipinski definition) is 4. The lowest BCUT2D eigenvalue weighted by atomic mass is 9.95. The molecule has 24 heavy (non-hydrogen) atoms. The normalized spacial score (nSPS) is 28.5. The molecule has 2 amide bonds. The van der Waals surface area contributed by atoms with Gasteiger partial charge in [-0.1, -0.05) is 6.92 Å². The summed E-state index contributed by atoms with van der Waals surface area (Å²) in [5, 5.41) is 6.12. The Bertz CT molecular complexity index is 431. The summed E-state index contributed by atoms with van der Waals surface area (Å²) >= 11 is 0. The lowest BCUT2D eigenvalue weighted by molar-refractivity contribution is -0.0690. The SMILES string of the molecule is C[C@@H](CNC(=O)N[C@@H]1CC(C)(C)OC1(C)C)CN1CCN(C)CC1. The van der Waals surface area contributed by atoms with E-state index in [1.54, 1.807) is 0 Å². The molecule has 0 saturated carbocycles. The fourth-order valence-corrected chi connectivity index (χ4v) is 3.80. The third kappa shape index (κ3) is 5.60. The smallest absolute Gasteiger partial charge is 0.315 e. The zero-order valence-electron chi connectivity index (χ0n) is 16.3. The van der Waals surface area contributed by atoms with Gasteiger partial charge in [-0.2, -0.15) is 0 Å². The van der Waals surface area contributed by atoms with E-state index in [2.05, 4.69) is 48.3 Å². The molecule has 2 rings (SSSR count). The van der Waals surface area contributed by atoms with Crippen molar-refractivity contribution in [3.8, 4) is 0 Å². The Hall–Kier alpha value is -0.850. The minimum atomic E-state index is -0.327. The predicted molar refractivity (Wildman–Crippen MR) is 97.3 cm³/mol. The summed E-state index contributed by atoms with van der Waals surface area (Å²) in [4.78, 5) is 17.1. The minimum absolute atomic E-state index is 0.0421. The van der Waals surface area contributed by atoms with Crippen LogP contribution in [0.5, 0.6) is 0 Å². The van der Waals surface area contributed by atoms with Crippen LogP contribution in [-0.4, -0.2) is 79.4 Å². The first-order chi connectivity index (χ1) is 11.1. The lowest BCUT2D eigenvalue weighted by Crippen LogP contribution is -2.51. The van der Waals surface area contributed by atoms with Gasteiger partial charge in [-0.05, 0) is 47.1 Å². The molecule has 2 saturated heterocycles. The topological polar surface area (TPSA) is 56.8 Å². The molecule has 0 spiro atoms. The molecule has 0 radical (unpaired) electrons. The van der Waals surface area contributed by atoms with E-state index in [9.17, 15) is 4.79 Å². The van der Waals surface area contributed by atoms with Crippen molar-refractivity contribution in [2.24, 2.45) is 5.92 Å². The Morgan fingerprint density at radius 1 is 1.21 bits per heavy atom. The summed E-state index contributed by atoms with van der Waals surface area (Å²) in [6, 6.07) is -0.0416. The molecule has 2 aliphatic heterocycles. The van der Waals surface area contributed by atoms with Crippen LogP contribution in [0.1, 0.15) is 41.0 Å². The molecule has 2 aliphatic rings. The number of likely N-dealkylation sites (N-methyl/N-ethyl adjacent to an activating group) is 1. The number of nitrogens with zero attached hydrogens (tertiary/aromatic N) is 2. The molecule has 6 nitrogen and oxygen atoms in total. The van der Waals surface area contributed by atoms with E-state index >= 15 is 0 Å². The average Bonchev–Trinajstić information content (AvgIpc) is 2.66. The van der Waals surface area contributed by atoms with Gasteiger partial charge < -0.3 is 25.2 Å². The van der Waals surface area contributed by atoms with Crippen LogP contribution in [-0.2, 0) is 4.74 Å². The number of carbonyl (C=O) groups excluding carboxylic acids is 1.